The lowest BCUT2D eigenvalue weighted by molar-refractivity contribution is -0.118. The molecule has 3 aromatic rings. The minimum absolute atomic E-state index is 0.122. The number of ether oxygens (including phenoxy) is 2. The van der Waals surface area contributed by atoms with E-state index < -0.39 is 0 Å². The molecule has 0 aromatic heterocycles. The molecule has 0 bridgehead atoms. The summed E-state index contributed by atoms with van der Waals surface area (Å²) in [5, 5.41) is 14.7. The predicted molar refractivity (Wildman–Crippen MR) is 119 cm³/mol. The van der Waals surface area contributed by atoms with E-state index in [1.807, 2.05) is 38.1 Å². The smallest absolute Gasteiger partial charge is 0.262 e. The molecule has 2 amide bonds. The Labute approximate surface area is 180 Å². The number of aryl methyl sites for hydroxylation is 2. The molecule has 3 N–H and O–H groups in total. The minimum atomic E-state index is -0.321. The van der Waals surface area contributed by atoms with Gasteiger partial charge in [-0.15, -0.1) is 0 Å². The molecule has 0 fully saturated rings. The fraction of sp³-hybridized carbons (Fsp3) is 0.167. The van der Waals surface area contributed by atoms with Crippen LogP contribution in [0, 0.1) is 13.8 Å². The van der Waals surface area contributed by atoms with Crippen molar-refractivity contribution in [1.29, 1.82) is 0 Å². The van der Waals surface area contributed by atoms with E-state index in [4.69, 9.17) is 9.47 Å². The van der Waals surface area contributed by atoms with Gasteiger partial charge in [-0.3, -0.25) is 9.59 Å². The van der Waals surface area contributed by atoms with Crippen LogP contribution < -0.4 is 20.1 Å². The Morgan fingerprint density at radius 1 is 0.774 bits per heavy atom. The Morgan fingerprint density at radius 3 is 1.90 bits per heavy atom. The third kappa shape index (κ3) is 6.78. The highest BCUT2D eigenvalue weighted by atomic mass is 16.5. The van der Waals surface area contributed by atoms with E-state index in [0.717, 1.165) is 11.1 Å². The van der Waals surface area contributed by atoms with Crippen molar-refractivity contribution >= 4 is 23.2 Å². The Balaban J connectivity index is 1.46. The molecule has 0 aliphatic carbocycles. The minimum Gasteiger partial charge on any atom is -0.508 e. The predicted octanol–water partition coefficient (Wildman–Crippen LogP) is 4.04. The summed E-state index contributed by atoms with van der Waals surface area (Å²) >= 11 is 0. The Morgan fingerprint density at radius 2 is 1.32 bits per heavy atom. The van der Waals surface area contributed by atoms with Gasteiger partial charge in [-0.2, -0.15) is 0 Å². The number of hydrogen-bond donors (Lipinski definition) is 3. The molecule has 3 aromatic carbocycles. The van der Waals surface area contributed by atoms with Crippen LogP contribution in [0.15, 0.2) is 66.7 Å². The zero-order valence-electron chi connectivity index (χ0n) is 17.3. The van der Waals surface area contributed by atoms with Crippen molar-refractivity contribution in [1.82, 2.24) is 0 Å². The summed E-state index contributed by atoms with van der Waals surface area (Å²) < 4.78 is 11.1. The van der Waals surface area contributed by atoms with Gasteiger partial charge >= 0.3 is 0 Å². The van der Waals surface area contributed by atoms with Gasteiger partial charge in [-0.25, -0.2) is 0 Å². The van der Waals surface area contributed by atoms with Crippen LogP contribution in [0.25, 0.3) is 0 Å². The molecule has 160 valence electrons. The number of phenolic OH excluding ortho intramolecular Hbond substituents is 1. The van der Waals surface area contributed by atoms with E-state index in [0.29, 0.717) is 22.9 Å². The Hall–Kier alpha value is -4.00. The largest absolute Gasteiger partial charge is 0.508 e. The highest BCUT2D eigenvalue weighted by Crippen LogP contribution is 2.23. The second-order valence-corrected chi connectivity index (χ2v) is 7.01. The quantitative estimate of drug-likeness (QED) is 0.478. The average Bonchev–Trinajstić information content (AvgIpc) is 2.75. The summed E-state index contributed by atoms with van der Waals surface area (Å²) in [4.78, 5) is 24.1. The molecular weight excluding hydrogens is 396 g/mol. The third-order valence-corrected chi connectivity index (χ3v) is 4.36. The van der Waals surface area contributed by atoms with Gasteiger partial charge in [0.25, 0.3) is 11.8 Å². The maximum absolute atomic E-state index is 12.0. The molecule has 0 aliphatic rings. The molecule has 0 radical (unpaired) electrons. The van der Waals surface area contributed by atoms with Crippen molar-refractivity contribution < 1.29 is 24.2 Å². The summed E-state index contributed by atoms with van der Waals surface area (Å²) in [5.74, 6) is 0.612. The van der Waals surface area contributed by atoms with Crippen molar-refractivity contribution in [2.24, 2.45) is 0 Å². The molecule has 0 atom stereocenters. The first-order chi connectivity index (χ1) is 14.9. The van der Waals surface area contributed by atoms with Gasteiger partial charge in [0.1, 0.15) is 17.2 Å². The molecule has 0 unspecified atom stereocenters. The first kappa shape index (κ1) is 21.7. The van der Waals surface area contributed by atoms with Crippen LogP contribution in [-0.2, 0) is 9.59 Å². The fourth-order valence-corrected chi connectivity index (χ4v) is 2.74. The van der Waals surface area contributed by atoms with E-state index in [1.165, 1.54) is 12.1 Å². The van der Waals surface area contributed by atoms with E-state index in [-0.39, 0.29) is 30.8 Å². The number of benzene rings is 3. The number of hydrogen-bond acceptors (Lipinski definition) is 5. The highest BCUT2D eigenvalue weighted by Gasteiger charge is 2.08. The van der Waals surface area contributed by atoms with Crippen molar-refractivity contribution in [3.05, 3.63) is 77.9 Å². The average molecular weight is 420 g/mol. The zero-order chi connectivity index (χ0) is 22.2. The molecule has 0 spiro atoms. The van der Waals surface area contributed by atoms with E-state index in [9.17, 15) is 14.7 Å². The van der Waals surface area contributed by atoms with Crippen LogP contribution in [0.2, 0.25) is 0 Å². The van der Waals surface area contributed by atoms with Gasteiger partial charge < -0.3 is 25.2 Å². The molecule has 0 aliphatic heterocycles. The first-order valence-electron chi connectivity index (χ1n) is 9.71. The van der Waals surface area contributed by atoms with E-state index >= 15 is 0 Å². The second-order valence-electron chi connectivity index (χ2n) is 7.01. The lowest BCUT2D eigenvalue weighted by Gasteiger charge is -2.12. The number of carbonyl (C=O) groups is 2. The third-order valence-electron chi connectivity index (χ3n) is 4.36. The number of carbonyl (C=O) groups excluding carboxylic acids is 2. The second kappa shape index (κ2) is 10.2. The number of anilines is 2. The zero-order valence-corrected chi connectivity index (χ0v) is 17.3. The van der Waals surface area contributed by atoms with Gasteiger partial charge in [0.15, 0.2) is 13.2 Å². The van der Waals surface area contributed by atoms with Crippen LogP contribution in [-0.4, -0.2) is 30.1 Å². The Bertz CT molecular complexity index is 1050. The molecule has 31 heavy (non-hydrogen) atoms. The molecule has 3 rings (SSSR count). The van der Waals surface area contributed by atoms with E-state index in [2.05, 4.69) is 10.6 Å². The van der Waals surface area contributed by atoms with Crippen molar-refractivity contribution in [2.45, 2.75) is 13.8 Å². The summed E-state index contributed by atoms with van der Waals surface area (Å²) in [5.41, 5.74) is 3.17. The SMILES string of the molecule is Cc1ccc(NC(=O)COc2ccc(OCC(=O)Nc3ccc(O)cc3)c(C)c2)cc1. The van der Waals surface area contributed by atoms with Crippen molar-refractivity contribution in [2.75, 3.05) is 23.8 Å². The van der Waals surface area contributed by atoms with Gasteiger partial charge in [0, 0.05) is 11.4 Å². The summed E-state index contributed by atoms with van der Waals surface area (Å²) in [6, 6.07) is 18.8. The Kier molecular flexibility index (Phi) is 7.11. The molecule has 7 nitrogen and oxygen atoms in total. The van der Waals surface area contributed by atoms with Gasteiger partial charge in [0.2, 0.25) is 0 Å². The van der Waals surface area contributed by atoms with Crippen LogP contribution in [0.4, 0.5) is 11.4 Å². The number of nitrogens with one attached hydrogen (secondary N) is 2. The number of phenols is 1. The molecule has 0 heterocycles. The van der Waals surface area contributed by atoms with Gasteiger partial charge in [-0.1, -0.05) is 17.7 Å². The normalized spacial score (nSPS) is 10.3. The van der Waals surface area contributed by atoms with E-state index in [1.54, 1.807) is 30.3 Å². The molecule has 0 saturated heterocycles. The van der Waals surface area contributed by atoms with Crippen LogP contribution in [0.3, 0.4) is 0 Å². The lowest BCUT2D eigenvalue weighted by atomic mass is 10.2. The lowest BCUT2D eigenvalue weighted by Crippen LogP contribution is -2.20. The highest BCUT2D eigenvalue weighted by molar-refractivity contribution is 5.92. The van der Waals surface area contributed by atoms with Crippen LogP contribution in [0.5, 0.6) is 17.2 Å². The summed E-state index contributed by atoms with van der Waals surface area (Å²) in [6.45, 7) is 3.52. The number of aromatic hydroxyl groups is 1. The standard InChI is InChI=1S/C24H24N2O5/c1-16-3-5-18(6-4-16)25-23(28)14-30-21-11-12-22(17(2)13-21)31-15-24(29)26-19-7-9-20(27)10-8-19/h3-13,27H,14-15H2,1-2H3,(H,25,28)(H,26,29). The van der Waals surface area contributed by atoms with Crippen molar-refractivity contribution in [3.63, 3.8) is 0 Å². The van der Waals surface area contributed by atoms with Crippen molar-refractivity contribution in [3.8, 4) is 17.2 Å². The monoisotopic (exact) mass is 420 g/mol. The number of rotatable bonds is 8. The van der Waals surface area contributed by atoms with Crippen LogP contribution in [0.1, 0.15) is 11.1 Å². The summed E-state index contributed by atoms with van der Waals surface area (Å²) in [6.07, 6.45) is 0. The molecule has 7 heteroatoms. The maximum Gasteiger partial charge on any atom is 0.262 e. The van der Waals surface area contributed by atoms with Crippen LogP contribution >= 0.6 is 0 Å². The summed E-state index contributed by atoms with van der Waals surface area (Å²) in [7, 11) is 0. The molecule has 0 saturated carbocycles. The maximum atomic E-state index is 12.0. The van der Waals surface area contributed by atoms with Gasteiger partial charge in [0.05, 0.1) is 0 Å². The topological polar surface area (TPSA) is 96.9 Å². The fourth-order valence-electron chi connectivity index (χ4n) is 2.74. The van der Waals surface area contributed by atoms with Gasteiger partial charge in [-0.05, 0) is 74.0 Å². The molecular formula is C24H24N2O5. The first-order valence-corrected chi connectivity index (χ1v) is 9.71. The number of amides is 2.